The van der Waals surface area contributed by atoms with E-state index in [1.165, 1.54) is 0 Å². The number of hydrogen-bond acceptors (Lipinski definition) is 5. The van der Waals surface area contributed by atoms with Crippen LogP contribution < -0.4 is 5.32 Å². The van der Waals surface area contributed by atoms with E-state index in [9.17, 15) is 0 Å². The minimum absolute atomic E-state index is 0.170. The zero-order chi connectivity index (χ0) is 12.5. The molecule has 17 heavy (non-hydrogen) atoms. The Labute approximate surface area is 105 Å². The van der Waals surface area contributed by atoms with E-state index in [1.807, 2.05) is 29.3 Å². The molecule has 0 aromatic carbocycles. The van der Waals surface area contributed by atoms with Crippen LogP contribution in [0.1, 0.15) is 19.7 Å². The molecule has 0 radical (unpaired) electrons. The molecule has 0 aliphatic rings. The summed E-state index contributed by atoms with van der Waals surface area (Å²) in [5.74, 6) is 1.66. The van der Waals surface area contributed by atoms with Crippen molar-refractivity contribution in [1.82, 2.24) is 19.6 Å². The van der Waals surface area contributed by atoms with Gasteiger partial charge in [0, 0.05) is 23.7 Å². The molecule has 0 fully saturated rings. The van der Waals surface area contributed by atoms with Crippen molar-refractivity contribution in [2.75, 3.05) is 18.1 Å². The number of anilines is 1. The van der Waals surface area contributed by atoms with Gasteiger partial charge in [-0.15, -0.1) is 10.2 Å². The fourth-order valence-corrected chi connectivity index (χ4v) is 1.65. The third-order valence-electron chi connectivity index (χ3n) is 2.73. The maximum atomic E-state index is 4.31. The van der Waals surface area contributed by atoms with Gasteiger partial charge in [0.2, 0.25) is 5.65 Å². The van der Waals surface area contributed by atoms with Crippen LogP contribution in [0.25, 0.3) is 5.65 Å². The first-order valence-corrected chi connectivity index (χ1v) is 6.71. The first kappa shape index (κ1) is 12.2. The smallest absolute Gasteiger partial charge is 0.203 e. The SMILES string of the molecule is CSC(C)(C)CNc1nccn2c(C)nnc12. The summed E-state index contributed by atoms with van der Waals surface area (Å²) in [6.07, 6.45) is 5.74. The van der Waals surface area contributed by atoms with Gasteiger partial charge in [0.15, 0.2) is 5.82 Å². The Morgan fingerprint density at radius 1 is 1.41 bits per heavy atom. The Bertz CT molecular complexity index is 520. The highest BCUT2D eigenvalue weighted by Crippen LogP contribution is 2.22. The van der Waals surface area contributed by atoms with Crippen molar-refractivity contribution in [3.8, 4) is 0 Å². The molecule has 2 aromatic heterocycles. The zero-order valence-electron chi connectivity index (χ0n) is 10.6. The van der Waals surface area contributed by atoms with E-state index >= 15 is 0 Å². The summed E-state index contributed by atoms with van der Waals surface area (Å²) in [6.45, 7) is 7.15. The minimum Gasteiger partial charge on any atom is -0.366 e. The van der Waals surface area contributed by atoms with Crippen LogP contribution >= 0.6 is 11.8 Å². The van der Waals surface area contributed by atoms with Crippen LogP contribution in [0.5, 0.6) is 0 Å². The first-order chi connectivity index (χ1) is 8.03. The van der Waals surface area contributed by atoms with Crippen LogP contribution in [0, 0.1) is 6.92 Å². The van der Waals surface area contributed by atoms with Crippen LogP contribution in [0.4, 0.5) is 5.82 Å². The van der Waals surface area contributed by atoms with Crippen LogP contribution in [-0.2, 0) is 0 Å². The fraction of sp³-hybridized carbons (Fsp3) is 0.545. The molecular formula is C11H17N5S. The van der Waals surface area contributed by atoms with E-state index in [4.69, 9.17) is 0 Å². The molecule has 5 nitrogen and oxygen atoms in total. The average molecular weight is 251 g/mol. The molecule has 92 valence electrons. The largest absolute Gasteiger partial charge is 0.366 e. The van der Waals surface area contributed by atoms with Gasteiger partial charge in [-0.05, 0) is 27.0 Å². The summed E-state index contributed by atoms with van der Waals surface area (Å²) in [6, 6.07) is 0. The molecule has 2 rings (SSSR count). The lowest BCUT2D eigenvalue weighted by atomic mass is 10.2. The van der Waals surface area contributed by atoms with Gasteiger partial charge in [-0.25, -0.2) is 4.98 Å². The molecule has 0 saturated carbocycles. The Balaban J connectivity index is 2.25. The molecule has 0 unspecified atom stereocenters. The Morgan fingerprint density at radius 3 is 2.88 bits per heavy atom. The molecule has 6 heteroatoms. The second kappa shape index (κ2) is 4.52. The summed E-state index contributed by atoms with van der Waals surface area (Å²) in [4.78, 5) is 4.31. The number of fused-ring (bicyclic) bond motifs is 1. The zero-order valence-corrected chi connectivity index (χ0v) is 11.4. The molecule has 0 amide bonds. The Morgan fingerprint density at radius 2 is 2.18 bits per heavy atom. The lowest BCUT2D eigenvalue weighted by Crippen LogP contribution is -2.26. The maximum absolute atomic E-state index is 4.31. The fourth-order valence-electron chi connectivity index (χ4n) is 1.43. The molecule has 2 aromatic rings. The number of nitrogens with zero attached hydrogens (tertiary/aromatic N) is 4. The van der Waals surface area contributed by atoms with Gasteiger partial charge in [0.25, 0.3) is 0 Å². The van der Waals surface area contributed by atoms with Gasteiger partial charge in [0.05, 0.1) is 0 Å². The van der Waals surface area contributed by atoms with Gasteiger partial charge >= 0.3 is 0 Å². The van der Waals surface area contributed by atoms with E-state index in [0.29, 0.717) is 0 Å². The van der Waals surface area contributed by atoms with Crippen molar-refractivity contribution in [2.45, 2.75) is 25.5 Å². The highest BCUT2D eigenvalue weighted by molar-refractivity contribution is 7.99. The molecule has 0 bridgehead atoms. The third kappa shape index (κ3) is 2.52. The molecule has 2 heterocycles. The van der Waals surface area contributed by atoms with E-state index in [-0.39, 0.29) is 4.75 Å². The molecule has 0 spiro atoms. The van der Waals surface area contributed by atoms with E-state index in [2.05, 4.69) is 40.6 Å². The summed E-state index contributed by atoms with van der Waals surface area (Å²) in [5, 5.41) is 11.5. The maximum Gasteiger partial charge on any atom is 0.203 e. The van der Waals surface area contributed by atoms with E-state index in [1.54, 1.807) is 6.20 Å². The van der Waals surface area contributed by atoms with Crippen molar-refractivity contribution >= 4 is 23.2 Å². The molecule has 0 saturated heterocycles. The van der Waals surface area contributed by atoms with Crippen LogP contribution in [0.2, 0.25) is 0 Å². The first-order valence-electron chi connectivity index (χ1n) is 5.49. The van der Waals surface area contributed by atoms with Gasteiger partial charge in [-0.3, -0.25) is 4.40 Å². The molecular weight excluding hydrogens is 234 g/mol. The number of aryl methyl sites for hydroxylation is 1. The Hall–Kier alpha value is -1.30. The standard InChI is InChI=1S/C11H17N5S/c1-8-14-15-10-9(12-5-6-16(8)10)13-7-11(2,3)17-4/h5-6H,7H2,1-4H3,(H,12,13). The quantitative estimate of drug-likeness (QED) is 0.900. The van der Waals surface area contributed by atoms with Crippen LogP contribution in [-0.4, -0.2) is 37.1 Å². The molecule has 1 N–H and O–H groups in total. The normalized spacial score (nSPS) is 12.0. The van der Waals surface area contributed by atoms with Crippen LogP contribution in [0.3, 0.4) is 0 Å². The van der Waals surface area contributed by atoms with Crippen molar-refractivity contribution in [3.05, 3.63) is 18.2 Å². The van der Waals surface area contributed by atoms with Crippen molar-refractivity contribution in [1.29, 1.82) is 0 Å². The summed E-state index contributed by atoms with van der Waals surface area (Å²) < 4.78 is 2.10. The molecule has 0 atom stereocenters. The minimum atomic E-state index is 0.170. The molecule has 0 aliphatic heterocycles. The number of aromatic nitrogens is 4. The number of nitrogens with one attached hydrogen (secondary N) is 1. The predicted molar refractivity (Wildman–Crippen MR) is 71.6 cm³/mol. The highest BCUT2D eigenvalue weighted by atomic mass is 32.2. The van der Waals surface area contributed by atoms with E-state index < -0.39 is 0 Å². The Kier molecular flexibility index (Phi) is 3.24. The second-order valence-corrected chi connectivity index (χ2v) is 6.05. The lowest BCUT2D eigenvalue weighted by molar-refractivity contribution is 0.750. The number of rotatable bonds is 4. The van der Waals surface area contributed by atoms with Gasteiger partial charge < -0.3 is 5.32 Å². The highest BCUT2D eigenvalue weighted by Gasteiger charge is 2.17. The molecule has 0 aliphatic carbocycles. The van der Waals surface area contributed by atoms with Crippen molar-refractivity contribution in [3.63, 3.8) is 0 Å². The van der Waals surface area contributed by atoms with Crippen molar-refractivity contribution in [2.24, 2.45) is 0 Å². The average Bonchev–Trinajstić information content (AvgIpc) is 2.70. The van der Waals surface area contributed by atoms with Crippen molar-refractivity contribution < 1.29 is 0 Å². The van der Waals surface area contributed by atoms with Gasteiger partial charge in [0.1, 0.15) is 5.82 Å². The lowest BCUT2D eigenvalue weighted by Gasteiger charge is -2.22. The van der Waals surface area contributed by atoms with E-state index in [0.717, 1.165) is 23.8 Å². The van der Waals surface area contributed by atoms with Crippen LogP contribution in [0.15, 0.2) is 12.4 Å². The number of thioether (sulfide) groups is 1. The van der Waals surface area contributed by atoms with Gasteiger partial charge in [-0.2, -0.15) is 11.8 Å². The number of hydrogen-bond donors (Lipinski definition) is 1. The predicted octanol–water partition coefficient (Wildman–Crippen LogP) is 1.99. The second-order valence-electron chi connectivity index (χ2n) is 4.53. The summed E-state index contributed by atoms with van der Waals surface area (Å²) in [5.41, 5.74) is 0.780. The monoisotopic (exact) mass is 251 g/mol. The third-order valence-corrected chi connectivity index (χ3v) is 3.98. The summed E-state index contributed by atoms with van der Waals surface area (Å²) >= 11 is 1.82. The summed E-state index contributed by atoms with van der Waals surface area (Å²) in [7, 11) is 0. The van der Waals surface area contributed by atoms with Gasteiger partial charge in [-0.1, -0.05) is 0 Å². The topological polar surface area (TPSA) is 55.1 Å².